The van der Waals surface area contributed by atoms with Crippen molar-refractivity contribution in [2.24, 2.45) is 5.41 Å². The number of likely N-dealkylation sites (N-methyl/N-ethyl adjacent to an activating group) is 1. The quantitative estimate of drug-likeness (QED) is 0.739. The van der Waals surface area contributed by atoms with Gasteiger partial charge in [-0.3, -0.25) is 9.69 Å². The molecule has 1 aliphatic rings. The van der Waals surface area contributed by atoms with Gasteiger partial charge in [0.05, 0.1) is 15.3 Å². The Balaban J connectivity index is 1.98. The van der Waals surface area contributed by atoms with Crippen LogP contribution >= 0.6 is 22.9 Å². The highest BCUT2D eigenvalue weighted by atomic mass is 35.5. The summed E-state index contributed by atoms with van der Waals surface area (Å²) in [7, 11) is 2.08. The van der Waals surface area contributed by atoms with Crippen LogP contribution in [0.15, 0.2) is 12.1 Å². The van der Waals surface area contributed by atoms with Crippen molar-refractivity contribution in [3.63, 3.8) is 0 Å². The van der Waals surface area contributed by atoms with E-state index < -0.39 is 0 Å². The Hall–Kier alpha value is -0.380. The molecule has 1 heterocycles. The molecule has 1 unspecified atom stereocenters. The van der Waals surface area contributed by atoms with Crippen LogP contribution in [0.5, 0.6) is 0 Å². The summed E-state index contributed by atoms with van der Waals surface area (Å²) in [6.07, 6.45) is 4.86. The molecule has 2 rings (SSSR count). The highest BCUT2D eigenvalue weighted by Crippen LogP contribution is 2.37. The minimum Gasteiger partial charge on any atom is -0.294 e. The van der Waals surface area contributed by atoms with E-state index in [4.69, 9.17) is 11.6 Å². The summed E-state index contributed by atoms with van der Waals surface area (Å²) in [4.78, 5) is 15.5. The lowest BCUT2D eigenvalue weighted by molar-refractivity contribution is 0.0703. The number of Topliss-reactive ketones (excluding diaryl/α,β-unsaturated/α-hetero) is 1. The summed E-state index contributed by atoms with van der Waals surface area (Å²) < 4.78 is 0.683. The van der Waals surface area contributed by atoms with Crippen LogP contribution in [0.1, 0.15) is 56.1 Å². The summed E-state index contributed by atoms with van der Waals surface area (Å²) in [5, 5.41) is 0. The third kappa shape index (κ3) is 3.63. The van der Waals surface area contributed by atoms with E-state index in [1.807, 2.05) is 13.0 Å². The first-order valence-corrected chi connectivity index (χ1v) is 8.51. The van der Waals surface area contributed by atoms with Crippen molar-refractivity contribution in [2.75, 3.05) is 7.05 Å². The molecule has 0 radical (unpaired) electrons. The Bertz CT molecular complexity index is 473. The Morgan fingerprint density at radius 1 is 1.40 bits per heavy atom. The molecule has 112 valence electrons. The predicted molar refractivity (Wildman–Crippen MR) is 86.9 cm³/mol. The molecule has 1 fully saturated rings. The summed E-state index contributed by atoms with van der Waals surface area (Å²) >= 11 is 7.30. The van der Waals surface area contributed by atoms with Gasteiger partial charge in [-0.05, 0) is 57.2 Å². The van der Waals surface area contributed by atoms with E-state index in [0.29, 0.717) is 15.8 Å². The van der Waals surface area contributed by atoms with Gasteiger partial charge in [-0.15, -0.1) is 11.3 Å². The van der Waals surface area contributed by atoms with E-state index in [2.05, 4.69) is 25.8 Å². The smallest absolute Gasteiger partial charge is 0.189 e. The number of ketones is 1. The van der Waals surface area contributed by atoms with E-state index in [9.17, 15) is 4.79 Å². The molecule has 0 spiro atoms. The molecule has 1 aromatic rings. The number of rotatable bonds is 4. The van der Waals surface area contributed by atoms with Crippen LogP contribution in [-0.2, 0) is 0 Å². The van der Waals surface area contributed by atoms with Gasteiger partial charge < -0.3 is 0 Å². The lowest BCUT2D eigenvalue weighted by Gasteiger charge is -2.40. The van der Waals surface area contributed by atoms with Gasteiger partial charge in [0.1, 0.15) is 0 Å². The van der Waals surface area contributed by atoms with Crippen LogP contribution in [-0.4, -0.2) is 29.8 Å². The predicted octanol–water partition coefficient (Wildman–Crippen LogP) is 4.87. The zero-order chi connectivity index (χ0) is 14.9. The van der Waals surface area contributed by atoms with Crippen molar-refractivity contribution < 1.29 is 4.79 Å². The first-order valence-electron chi connectivity index (χ1n) is 7.32. The summed E-state index contributed by atoms with van der Waals surface area (Å²) in [5.74, 6) is 0.189. The molecule has 0 saturated heterocycles. The van der Waals surface area contributed by atoms with Gasteiger partial charge in [-0.1, -0.05) is 25.4 Å². The van der Waals surface area contributed by atoms with Crippen molar-refractivity contribution in [1.29, 1.82) is 0 Å². The zero-order valence-corrected chi connectivity index (χ0v) is 14.4. The maximum absolute atomic E-state index is 12.5. The monoisotopic (exact) mass is 313 g/mol. The second-order valence-electron chi connectivity index (χ2n) is 6.70. The highest BCUT2D eigenvalue weighted by Gasteiger charge is 2.32. The van der Waals surface area contributed by atoms with Gasteiger partial charge >= 0.3 is 0 Å². The summed E-state index contributed by atoms with van der Waals surface area (Å²) in [6.45, 7) is 6.69. The first-order chi connectivity index (χ1) is 9.30. The van der Waals surface area contributed by atoms with E-state index in [-0.39, 0.29) is 11.8 Å². The van der Waals surface area contributed by atoms with Crippen LogP contribution < -0.4 is 0 Å². The lowest BCUT2D eigenvalue weighted by Crippen LogP contribution is -2.45. The van der Waals surface area contributed by atoms with Gasteiger partial charge in [0.25, 0.3) is 0 Å². The molecule has 0 N–H and O–H groups in total. The SMILES string of the molecule is CC(C(=O)c1ccc(Cl)s1)N(C)C1CCC(C)(C)CC1. The average Bonchev–Trinajstić information content (AvgIpc) is 2.83. The maximum atomic E-state index is 12.5. The third-order valence-corrected chi connectivity index (χ3v) is 5.94. The first kappa shape index (κ1) is 16.0. The van der Waals surface area contributed by atoms with E-state index in [1.54, 1.807) is 6.07 Å². The minimum atomic E-state index is -0.0732. The Labute approximate surface area is 131 Å². The number of carbonyl (C=O) groups excluding carboxylic acids is 1. The van der Waals surface area contributed by atoms with Crippen molar-refractivity contribution in [3.05, 3.63) is 21.3 Å². The van der Waals surface area contributed by atoms with Crippen LogP contribution in [0.4, 0.5) is 0 Å². The molecule has 0 bridgehead atoms. The van der Waals surface area contributed by atoms with Crippen molar-refractivity contribution in [3.8, 4) is 0 Å². The number of thiophene rings is 1. The Morgan fingerprint density at radius 2 is 2.00 bits per heavy atom. The van der Waals surface area contributed by atoms with E-state index >= 15 is 0 Å². The molecule has 4 heteroatoms. The molecular formula is C16H24ClNOS. The zero-order valence-electron chi connectivity index (χ0n) is 12.8. The van der Waals surface area contributed by atoms with Gasteiger partial charge in [-0.25, -0.2) is 0 Å². The third-order valence-electron chi connectivity index (χ3n) is 4.69. The maximum Gasteiger partial charge on any atom is 0.189 e. The molecule has 0 amide bonds. The molecule has 2 nitrogen and oxygen atoms in total. The van der Waals surface area contributed by atoms with Crippen molar-refractivity contribution in [2.45, 2.75) is 58.5 Å². The van der Waals surface area contributed by atoms with E-state index in [0.717, 1.165) is 4.88 Å². The van der Waals surface area contributed by atoms with Crippen LogP contribution in [0.25, 0.3) is 0 Å². The van der Waals surface area contributed by atoms with Crippen LogP contribution in [0.3, 0.4) is 0 Å². The average molecular weight is 314 g/mol. The number of hydrogen-bond donors (Lipinski definition) is 0. The number of nitrogens with zero attached hydrogens (tertiary/aromatic N) is 1. The standard InChI is InChI=1S/C16H24ClNOS/c1-11(15(19)13-5-6-14(17)20-13)18(4)12-7-9-16(2,3)10-8-12/h5-6,11-12H,7-10H2,1-4H3. The minimum absolute atomic E-state index is 0.0732. The van der Waals surface area contributed by atoms with Crippen molar-refractivity contribution >= 4 is 28.7 Å². The van der Waals surface area contributed by atoms with Crippen LogP contribution in [0.2, 0.25) is 4.34 Å². The van der Waals surface area contributed by atoms with Gasteiger partial charge in [0.15, 0.2) is 5.78 Å². The summed E-state index contributed by atoms with van der Waals surface area (Å²) in [5.41, 5.74) is 0.464. The fourth-order valence-electron chi connectivity index (χ4n) is 2.95. The molecule has 1 saturated carbocycles. The van der Waals surface area contributed by atoms with Gasteiger partial charge in [-0.2, -0.15) is 0 Å². The lowest BCUT2D eigenvalue weighted by atomic mass is 9.75. The van der Waals surface area contributed by atoms with Crippen LogP contribution in [0, 0.1) is 5.41 Å². The fourth-order valence-corrected chi connectivity index (χ4v) is 4.01. The highest BCUT2D eigenvalue weighted by molar-refractivity contribution is 7.18. The van der Waals surface area contributed by atoms with Gasteiger partial charge in [0, 0.05) is 6.04 Å². The molecule has 20 heavy (non-hydrogen) atoms. The van der Waals surface area contributed by atoms with Crippen molar-refractivity contribution in [1.82, 2.24) is 4.90 Å². The second kappa shape index (κ2) is 6.17. The normalized spacial score (nSPS) is 21.1. The molecule has 0 aliphatic heterocycles. The second-order valence-corrected chi connectivity index (χ2v) is 8.42. The fraction of sp³-hybridized carbons (Fsp3) is 0.688. The number of carbonyl (C=O) groups is 1. The number of halogens is 1. The largest absolute Gasteiger partial charge is 0.294 e. The summed E-state index contributed by atoms with van der Waals surface area (Å²) in [6, 6.07) is 4.09. The molecule has 0 aromatic carbocycles. The molecule has 1 aliphatic carbocycles. The molecule has 1 aromatic heterocycles. The Kier molecular flexibility index (Phi) is 4.93. The molecular weight excluding hydrogens is 290 g/mol. The topological polar surface area (TPSA) is 20.3 Å². The van der Waals surface area contributed by atoms with E-state index in [1.165, 1.54) is 37.0 Å². The Morgan fingerprint density at radius 3 is 2.50 bits per heavy atom. The van der Waals surface area contributed by atoms with Gasteiger partial charge in [0.2, 0.25) is 0 Å². The molecule has 1 atom stereocenters. The number of hydrogen-bond acceptors (Lipinski definition) is 3.